The lowest BCUT2D eigenvalue weighted by Crippen LogP contribution is -2.19. The predicted octanol–water partition coefficient (Wildman–Crippen LogP) is 2.30. The highest BCUT2D eigenvalue weighted by Gasteiger charge is 2.25. The lowest BCUT2D eigenvalue weighted by molar-refractivity contribution is 0.0593. The van der Waals surface area contributed by atoms with E-state index in [2.05, 4.69) is 4.98 Å². The SMILES string of the molecule is CC(C)(C)C(O)c1ccncc1F. The van der Waals surface area contributed by atoms with Gasteiger partial charge in [0.1, 0.15) is 5.82 Å². The first-order chi connectivity index (χ1) is 5.93. The van der Waals surface area contributed by atoms with Crippen LogP contribution in [0.3, 0.4) is 0 Å². The van der Waals surface area contributed by atoms with Crippen molar-refractivity contribution in [2.75, 3.05) is 0 Å². The van der Waals surface area contributed by atoms with Crippen LogP contribution in [-0.2, 0) is 0 Å². The Morgan fingerprint density at radius 2 is 2.08 bits per heavy atom. The van der Waals surface area contributed by atoms with Gasteiger partial charge in [-0.15, -0.1) is 0 Å². The normalized spacial score (nSPS) is 14.2. The van der Waals surface area contributed by atoms with Crippen molar-refractivity contribution in [2.45, 2.75) is 26.9 Å². The molecule has 0 aliphatic carbocycles. The summed E-state index contributed by atoms with van der Waals surface area (Å²) in [5.74, 6) is -0.454. The quantitative estimate of drug-likeness (QED) is 0.724. The van der Waals surface area contributed by atoms with Crippen molar-refractivity contribution < 1.29 is 9.50 Å². The number of nitrogens with zero attached hydrogens (tertiary/aromatic N) is 1. The molecule has 0 saturated heterocycles. The van der Waals surface area contributed by atoms with Gasteiger partial charge in [-0.05, 0) is 11.5 Å². The zero-order valence-corrected chi connectivity index (χ0v) is 8.08. The topological polar surface area (TPSA) is 33.1 Å². The van der Waals surface area contributed by atoms with Gasteiger partial charge in [0.25, 0.3) is 0 Å². The molecule has 72 valence electrons. The second kappa shape index (κ2) is 3.42. The Morgan fingerprint density at radius 1 is 1.46 bits per heavy atom. The van der Waals surface area contributed by atoms with Gasteiger partial charge in [0, 0.05) is 11.8 Å². The largest absolute Gasteiger partial charge is 0.388 e. The van der Waals surface area contributed by atoms with Gasteiger partial charge >= 0.3 is 0 Å². The highest BCUT2D eigenvalue weighted by Crippen LogP contribution is 2.33. The fourth-order valence-corrected chi connectivity index (χ4v) is 1.07. The molecule has 1 rings (SSSR count). The summed E-state index contributed by atoms with van der Waals surface area (Å²) in [7, 11) is 0. The molecule has 1 N–H and O–H groups in total. The molecular weight excluding hydrogens is 169 g/mol. The summed E-state index contributed by atoms with van der Waals surface area (Å²) in [5, 5.41) is 9.77. The first-order valence-corrected chi connectivity index (χ1v) is 4.20. The molecule has 0 aromatic carbocycles. The van der Waals surface area contributed by atoms with Crippen molar-refractivity contribution in [3.63, 3.8) is 0 Å². The van der Waals surface area contributed by atoms with Crippen molar-refractivity contribution in [1.29, 1.82) is 0 Å². The summed E-state index contributed by atoms with van der Waals surface area (Å²) in [6, 6.07) is 1.51. The summed E-state index contributed by atoms with van der Waals surface area (Å²) < 4.78 is 13.1. The lowest BCUT2D eigenvalue weighted by Gasteiger charge is -2.26. The van der Waals surface area contributed by atoms with E-state index in [9.17, 15) is 9.50 Å². The van der Waals surface area contributed by atoms with Crippen LogP contribution in [0.25, 0.3) is 0 Å². The molecule has 1 atom stereocenters. The molecule has 13 heavy (non-hydrogen) atoms. The second-order valence-corrected chi connectivity index (χ2v) is 4.17. The molecule has 1 heterocycles. The molecule has 0 aliphatic rings. The Bertz CT molecular complexity index is 293. The van der Waals surface area contributed by atoms with Crippen LogP contribution >= 0.6 is 0 Å². The van der Waals surface area contributed by atoms with Crippen LogP contribution < -0.4 is 0 Å². The number of hydrogen-bond acceptors (Lipinski definition) is 2. The zero-order chi connectivity index (χ0) is 10.1. The molecule has 1 unspecified atom stereocenters. The van der Waals surface area contributed by atoms with Gasteiger partial charge in [0.2, 0.25) is 0 Å². The molecule has 0 saturated carbocycles. The van der Waals surface area contributed by atoms with Gasteiger partial charge in [0.05, 0.1) is 12.3 Å². The summed E-state index contributed by atoms with van der Waals surface area (Å²) in [6.45, 7) is 5.58. The summed E-state index contributed by atoms with van der Waals surface area (Å²) in [6.07, 6.45) is 1.80. The average molecular weight is 183 g/mol. The lowest BCUT2D eigenvalue weighted by atomic mass is 9.85. The van der Waals surface area contributed by atoms with Crippen LogP contribution in [-0.4, -0.2) is 10.1 Å². The molecule has 0 fully saturated rings. The molecule has 0 spiro atoms. The smallest absolute Gasteiger partial charge is 0.147 e. The Labute approximate surface area is 77.4 Å². The second-order valence-electron chi connectivity index (χ2n) is 4.17. The number of pyridine rings is 1. The first-order valence-electron chi connectivity index (χ1n) is 4.20. The van der Waals surface area contributed by atoms with Gasteiger partial charge in [0.15, 0.2) is 0 Å². The number of aliphatic hydroxyl groups excluding tert-OH is 1. The predicted molar refractivity (Wildman–Crippen MR) is 48.6 cm³/mol. The zero-order valence-electron chi connectivity index (χ0n) is 8.08. The standard InChI is InChI=1S/C10H14FNO/c1-10(2,3)9(13)7-4-5-12-6-8(7)11/h4-6,9,13H,1-3H3. The van der Waals surface area contributed by atoms with Crippen LogP contribution in [0, 0.1) is 11.2 Å². The molecular formula is C10H14FNO. The van der Waals surface area contributed by atoms with E-state index in [-0.39, 0.29) is 5.41 Å². The summed E-state index contributed by atoms with van der Waals surface area (Å²) in [4.78, 5) is 3.62. The van der Waals surface area contributed by atoms with Crippen LogP contribution in [0.2, 0.25) is 0 Å². The fourth-order valence-electron chi connectivity index (χ4n) is 1.07. The van der Waals surface area contributed by atoms with E-state index < -0.39 is 11.9 Å². The van der Waals surface area contributed by atoms with Gasteiger partial charge in [-0.1, -0.05) is 20.8 Å². The van der Waals surface area contributed by atoms with Gasteiger partial charge in [-0.3, -0.25) is 4.98 Å². The average Bonchev–Trinajstić information content (AvgIpc) is 2.02. The van der Waals surface area contributed by atoms with E-state index in [1.54, 1.807) is 0 Å². The number of aliphatic hydroxyl groups is 1. The minimum absolute atomic E-state index is 0.308. The van der Waals surface area contributed by atoms with Gasteiger partial charge in [-0.2, -0.15) is 0 Å². The number of aromatic nitrogens is 1. The summed E-state index contributed by atoms with van der Waals surface area (Å²) in [5.41, 5.74) is -0.0511. The van der Waals surface area contributed by atoms with Crippen molar-refractivity contribution in [3.8, 4) is 0 Å². The number of halogens is 1. The molecule has 0 amide bonds. The molecule has 1 aromatic heterocycles. The molecule has 2 nitrogen and oxygen atoms in total. The van der Waals surface area contributed by atoms with E-state index >= 15 is 0 Å². The molecule has 0 radical (unpaired) electrons. The van der Waals surface area contributed by atoms with Crippen LogP contribution in [0.4, 0.5) is 4.39 Å². The molecule has 0 bridgehead atoms. The minimum Gasteiger partial charge on any atom is -0.388 e. The van der Waals surface area contributed by atoms with E-state index in [0.717, 1.165) is 6.20 Å². The molecule has 1 aromatic rings. The third kappa shape index (κ3) is 2.25. The highest BCUT2D eigenvalue weighted by atomic mass is 19.1. The first kappa shape index (κ1) is 10.1. The van der Waals surface area contributed by atoms with E-state index in [0.29, 0.717) is 5.56 Å². The monoisotopic (exact) mass is 183 g/mol. The Morgan fingerprint density at radius 3 is 2.54 bits per heavy atom. The van der Waals surface area contributed by atoms with Crippen molar-refractivity contribution in [1.82, 2.24) is 4.98 Å². The van der Waals surface area contributed by atoms with Gasteiger partial charge in [-0.25, -0.2) is 4.39 Å². The maximum atomic E-state index is 13.1. The maximum Gasteiger partial charge on any atom is 0.147 e. The van der Waals surface area contributed by atoms with Gasteiger partial charge < -0.3 is 5.11 Å². The Hall–Kier alpha value is -0.960. The van der Waals surface area contributed by atoms with E-state index in [4.69, 9.17) is 0 Å². The third-order valence-electron chi connectivity index (χ3n) is 1.92. The van der Waals surface area contributed by atoms with Crippen molar-refractivity contribution in [3.05, 3.63) is 29.8 Å². The van der Waals surface area contributed by atoms with Crippen LogP contribution in [0.15, 0.2) is 18.5 Å². The van der Waals surface area contributed by atoms with E-state index in [1.165, 1.54) is 12.3 Å². The van der Waals surface area contributed by atoms with Crippen molar-refractivity contribution >= 4 is 0 Å². The third-order valence-corrected chi connectivity index (χ3v) is 1.92. The highest BCUT2D eigenvalue weighted by molar-refractivity contribution is 5.17. The fraction of sp³-hybridized carbons (Fsp3) is 0.500. The molecule has 3 heteroatoms. The summed E-state index contributed by atoms with van der Waals surface area (Å²) >= 11 is 0. The van der Waals surface area contributed by atoms with Crippen molar-refractivity contribution in [2.24, 2.45) is 5.41 Å². The van der Waals surface area contributed by atoms with E-state index in [1.807, 2.05) is 20.8 Å². The van der Waals surface area contributed by atoms with Crippen LogP contribution in [0.1, 0.15) is 32.4 Å². The van der Waals surface area contributed by atoms with Crippen LogP contribution in [0.5, 0.6) is 0 Å². The number of rotatable bonds is 1. The molecule has 0 aliphatic heterocycles. The Kier molecular flexibility index (Phi) is 2.66. The number of hydrogen-bond donors (Lipinski definition) is 1. The Balaban J connectivity index is 3.02. The minimum atomic E-state index is -0.796. The maximum absolute atomic E-state index is 13.1.